The van der Waals surface area contributed by atoms with Gasteiger partial charge in [-0.05, 0) is 30.3 Å². The van der Waals surface area contributed by atoms with Gasteiger partial charge in [0, 0.05) is 37.5 Å². The van der Waals surface area contributed by atoms with Gasteiger partial charge in [-0.1, -0.05) is 60.7 Å². The van der Waals surface area contributed by atoms with E-state index < -0.39 is 0 Å². The lowest BCUT2D eigenvalue weighted by Gasteiger charge is -2.36. The van der Waals surface area contributed by atoms with Gasteiger partial charge in [0.05, 0.1) is 6.04 Å². The largest absolute Gasteiger partial charge is 0.459 e. The summed E-state index contributed by atoms with van der Waals surface area (Å²) in [6.45, 7) is 0. The SMILES string of the molecule is CN1C2CC(OC(=O)C=Cc3ccccc3)CC1C(OC(=O)C=Cc1ccccc1)C2. The van der Waals surface area contributed by atoms with Crippen molar-refractivity contribution < 1.29 is 19.1 Å². The molecule has 2 saturated heterocycles. The third-order valence-electron chi connectivity index (χ3n) is 6.05. The van der Waals surface area contributed by atoms with E-state index in [0.717, 1.165) is 24.0 Å². The number of carbonyl (C=O) groups is 2. The lowest BCUT2D eigenvalue weighted by Crippen LogP contribution is -2.45. The molecule has 2 aromatic carbocycles. The minimum absolute atomic E-state index is 0.0590. The van der Waals surface area contributed by atoms with Gasteiger partial charge in [-0.25, -0.2) is 9.59 Å². The second-order valence-electron chi connectivity index (χ2n) is 8.12. The van der Waals surface area contributed by atoms with Crippen molar-refractivity contribution in [1.82, 2.24) is 4.90 Å². The Labute approximate surface area is 183 Å². The van der Waals surface area contributed by atoms with Crippen molar-refractivity contribution in [2.75, 3.05) is 7.05 Å². The van der Waals surface area contributed by atoms with Gasteiger partial charge in [0.2, 0.25) is 0 Å². The molecule has 5 heteroatoms. The molecule has 2 bridgehead atoms. The highest BCUT2D eigenvalue weighted by Gasteiger charge is 2.47. The van der Waals surface area contributed by atoms with Crippen LogP contribution in [-0.2, 0) is 19.1 Å². The van der Waals surface area contributed by atoms with Crippen LogP contribution >= 0.6 is 0 Å². The zero-order valence-electron chi connectivity index (χ0n) is 17.6. The predicted octanol–water partition coefficient (Wildman–Crippen LogP) is 4.10. The first kappa shape index (κ1) is 21.1. The average molecular weight is 418 g/mol. The number of fused-ring (bicyclic) bond motifs is 2. The number of benzene rings is 2. The van der Waals surface area contributed by atoms with Gasteiger partial charge in [-0.2, -0.15) is 0 Å². The maximum atomic E-state index is 12.3. The lowest BCUT2D eigenvalue weighted by molar-refractivity contribution is -0.149. The van der Waals surface area contributed by atoms with E-state index >= 15 is 0 Å². The molecule has 4 rings (SSSR count). The number of ether oxygens (including phenoxy) is 2. The third-order valence-corrected chi connectivity index (χ3v) is 6.05. The van der Waals surface area contributed by atoms with E-state index in [9.17, 15) is 9.59 Å². The summed E-state index contributed by atoms with van der Waals surface area (Å²) in [7, 11) is 2.05. The molecule has 0 aliphatic carbocycles. The van der Waals surface area contributed by atoms with E-state index in [4.69, 9.17) is 9.47 Å². The molecule has 4 unspecified atom stereocenters. The Morgan fingerprint density at radius 3 is 1.94 bits per heavy atom. The van der Waals surface area contributed by atoms with Crippen LogP contribution in [0.2, 0.25) is 0 Å². The molecular weight excluding hydrogens is 390 g/mol. The Balaban J connectivity index is 1.31. The molecular formula is C26H27NO4. The van der Waals surface area contributed by atoms with Gasteiger partial charge < -0.3 is 9.47 Å². The predicted molar refractivity (Wildman–Crippen MR) is 120 cm³/mol. The van der Waals surface area contributed by atoms with Gasteiger partial charge in [-0.15, -0.1) is 0 Å². The van der Waals surface area contributed by atoms with Crippen LogP contribution in [0.15, 0.2) is 72.8 Å². The first-order valence-corrected chi connectivity index (χ1v) is 10.7. The van der Waals surface area contributed by atoms with Crippen molar-refractivity contribution in [2.45, 2.75) is 43.6 Å². The highest BCUT2D eigenvalue weighted by atomic mass is 16.6. The van der Waals surface area contributed by atoms with Crippen molar-refractivity contribution in [3.05, 3.63) is 83.9 Å². The topological polar surface area (TPSA) is 55.8 Å². The first-order chi connectivity index (χ1) is 15.1. The van der Waals surface area contributed by atoms with Gasteiger partial charge in [0.15, 0.2) is 0 Å². The van der Waals surface area contributed by atoms with Crippen molar-refractivity contribution in [2.24, 2.45) is 0 Å². The van der Waals surface area contributed by atoms with Gasteiger partial charge >= 0.3 is 11.9 Å². The number of likely N-dealkylation sites (N-methyl/N-ethyl adjacent to an activating group) is 1. The maximum absolute atomic E-state index is 12.3. The van der Waals surface area contributed by atoms with Gasteiger partial charge in [0.25, 0.3) is 0 Å². The fourth-order valence-corrected chi connectivity index (χ4v) is 4.45. The van der Waals surface area contributed by atoms with Gasteiger partial charge in [-0.3, -0.25) is 4.90 Å². The number of rotatable bonds is 6. The molecule has 5 nitrogen and oxygen atoms in total. The summed E-state index contributed by atoms with van der Waals surface area (Å²) in [4.78, 5) is 26.8. The monoisotopic (exact) mass is 417 g/mol. The first-order valence-electron chi connectivity index (χ1n) is 10.7. The molecule has 4 atom stereocenters. The van der Waals surface area contributed by atoms with Crippen molar-refractivity contribution >= 4 is 24.1 Å². The van der Waals surface area contributed by atoms with Crippen molar-refractivity contribution in [3.63, 3.8) is 0 Å². The molecule has 31 heavy (non-hydrogen) atoms. The molecule has 2 fully saturated rings. The number of hydrogen-bond acceptors (Lipinski definition) is 5. The van der Waals surface area contributed by atoms with E-state index in [1.165, 1.54) is 12.2 Å². The van der Waals surface area contributed by atoms with Crippen LogP contribution in [0.3, 0.4) is 0 Å². The lowest BCUT2D eigenvalue weighted by atomic mass is 10.0. The summed E-state index contributed by atoms with van der Waals surface area (Å²) in [5, 5.41) is 0. The molecule has 0 N–H and O–H groups in total. The third kappa shape index (κ3) is 5.50. The second-order valence-corrected chi connectivity index (χ2v) is 8.12. The van der Waals surface area contributed by atoms with Crippen molar-refractivity contribution in [1.29, 1.82) is 0 Å². The fourth-order valence-electron chi connectivity index (χ4n) is 4.45. The molecule has 0 amide bonds. The number of esters is 2. The molecule has 2 aliphatic heterocycles. The Morgan fingerprint density at radius 2 is 1.35 bits per heavy atom. The van der Waals surface area contributed by atoms with Crippen LogP contribution in [0.4, 0.5) is 0 Å². The Bertz CT molecular complexity index is 952. The summed E-state index contributed by atoms with van der Waals surface area (Å²) in [6, 6.07) is 19.6. The quantitative estimate of drug-likeness (QED) is 0.523. The summed E-state index contributed by atoms with van der Waals surface area (Å²) >= 11 is 0. The number of piperidine rings is 1. The Hall–Kier alpha value is -3.18. The average Bonchev–Trinajstić information content (AvgIpc) is 2.95. The van der Waals surface area contributed by atoms with Crippen LogP contribution in [0, 0.1) is 0 Å². The van der Waals surface area contributed by atoms with E-state index in [1.807, 2.05) is 60.7 Å². The maximum Gasteiger partial charge on any atom is 0.331 e. The molecule has 2 aromatic rings. The Morgan fingerprint density at radius 1 is 0.806 bits per heavy atom. The molecule has 0 aromatic heterocycles. The number of hydrogen-bond donors (Lipinski definition) is 0. The van der Waals surface area contributed by atoms with E-state index in [-0.39, 0.29) is 36.2 Å². The van der Waals surface area contributed by atoms with E-state index in [1.54, 1.807) is 12.2 Å². The minimum atomic E-state index is -0.339. The van der Waals surface area contributed by atoms with E-state index in [0.29, 0.717) is 6.42 Å². The molecule has 0 saturated carbocycles. The summed E-state index contributed by atoms with van der Waals surface area (Å²) in [6.07, 6.45) is 8.30. The molecule has 0 radical (unpaired) electrons. The van der Waals surface area contributed by atoms with Crippen LogP contribution in [0.5, 0.6) is 0 Å². The van der Waals surface area contributed by atoms with Crippen LogP contribution in [0.25, 0.3) is 12.2 Å². The highest BCUT2D eigenvalue weighted by molar-refractivity contribution is 5.87. The standard InChI is InChI=1S/C26H27NO4/c1-27-21-16-22(30-25(28)14-12-19-8-4-2-5-9-19)18-23(27)24(17-21)31-26(29)15-13-20-10-6-3-7-11-20/h2-15,21-24H,16-18H2,1H3. The highest BCUT2D eigenvalue weighted by Crippen LogP contribution is 2.37. The van der Waals surface area contributed by atoms with Crippen LogP contribution < -0.4 is 0 Å². The summed E-state index contributed by atoms with van der Waals surface area (Å²) in [5.41, 5.74) is 1.91. The molecule has 2 heterocycles. The number of carbonyl (C=O) groups excluding carboxylic acids is 2. The molecule has 0 spiro atoms. The van der Waals surface area contributed by atoms with Gasteiger partial charge in [0.1, 0.15) is 12.2 Å². The Kier molecular flexibility index (Phi) is 6.63. The van der Waals surface area contributed by atoms with Crippen molar-refractivity contribution in [3.8, 4) is 0 Å². The van der Waals surface area contributed by atoms with E-state index in [2.05, 4.69) is 11.9 Å². The number of nitrogens with zero attached hydrogens (tertiary/aromatic N) is 1. The summed E-state index contributed by atoms with van der Waals surface area (Å²) in [5.74, 6) is -0.675. The minimum Gasteiger partial charge on any atom is -0.459 e. The van der Waals surface area contributed by atoms with Crippen LogP contribution in [0.1, 0.15) is 30.4 Å². The normalized spacial score (nSPS) is 25.7. The molecule has 2 aliphatic rings. The zero-order chi connectivity index (χ0) is 21.6. The smallest absolute Gasteiger partial charge is 0.331 e. The molecule has 160 valence electrons. The fraction of sp³-hybridized carbons (Fsp3) is 0.308. The second kappa shape index (κ2) is 9.75. The van der Waals surface area contributed by atoms with Crippen LogP contribution in [-0.4, -0.2) is 48.2 Å². The summed E-state index contributed by atoms with van der Waals surface area (Å²) < 4.78 is 11.4. The zero-order valence-corrected chi connectivity index (χ0v) is 17.6.